The number of carbonyl (C=O) groups excluding carboxylic acids is 1. The van der Waals surface area contributed by atoms with Crippen molar-refractivity contribution in [2.75, 3.05) is 18.1 Å². The summed E-state index contributed by atoms with van der Waals surface area (Å²) in [6.07, 6.45) is 4.41. The normalized spacial score (nSPS) is 12.9. The number of carbonyl (C=O) groups is 1. The molecule has 4 nitrogen and oxygen atoms in total. The number of aliphatic hydroxyl groups is 1. The van der Waals surface area contributed by atoms with Crippen LogP contribution < -0.4 is 4.90 Å². The highest BCUT2D eigenvalue weighted by molar-refractivity contribution is 5.86. The van der Waals surface area contributed by atoms with Crippen LogP contribution in [0.5, 0.6) is 0 Å². The van der Waals surface area contributed by atoms with Gasteiger partial charge in [0.05, 0.1) is 6.61 Å². The fraction of sp³-hybridized carbons (Fsp3) is 0.250. The van der Waals surface area contributed by atoms with Crippen LogP contribution in [0.1, 0.15) is 48.9 Å². The standard InChI is InChI=1S/C36H37NO3/c1-4-35(39)40-24-8-10-27-15-19-29(20-16-27)37(28-17-13-26(14-18-28)9-7-23-38)30-21-22-34-32(25-30)31-11-5-6-12-33(31)36(34,2)3/h4-6,11-22,25,38H,1,7-10,23-24H2,2-3H3. The minimum atomic E-state index is -0.381. The van der Waals surface area contributed by atoms with E-state index in [1.807, 2.05) is 0 Å². The van der Waals surface area contributed by atoms with Gasteiger partial charge in [-0.1, -0.05) is 75.0 Å². The molecule has 0 bridgehead atoms. The van der Waals surface area contributed by atoms with Crippen LogP contribution in [0.4, 0.5) is 17.1 Å². The Balaban J connectivity index is 1.48. The Kier molecular flexibility index (Phi) is 8.18. The van der Waals surface area contributed by atoms with E-state index in [1.54, 1.807) is 0 Å². The second kappa shape index (κ2) is 11.9. The van der Waals surface area contributed by atoms with E-state index in [2.05, 4.69) is 116 Å². The summed E-state index contributed by atoms with van der Waals surface area (Å²) in [5, 5.41) is 9.24. The number of aryl methyl sites for hydroxylation is 2. The van der Waals surface area contributed by atoms with Crippen LogP contribution in [0.3, 0.4) is 0 Å². The highest BCUT2D eigenvalue weighted by Crippen LogP contribution is 2.50. The van der Waals surface area contributed by atoms with Gasteiger partial charge in [0.1, 0.15) is 0 Å². The van der Waals surface area contributed by atoms with Gasteiger partial charge >= 0.3 is 5.97 Å². The number of anilines is 3. The number of rotatable bonds is 11. The van der Waals surface area contributed by atoms with Gasteiger partial charge in [-0.15, -0.1) is 0 Å². The smallest absolute Gasteiger partial charge is 0.330 e. The molecule has 1 aliphatic rings. The molecule has 4 heteroatoms. The highest BCUT2D eigenvalue weighted by Gasteiger charge is 2.35. The van der Waals surface area contributed by atoms with Gasteiger partial charge in [-0.2, -0.15) is 0 Å². The van der Waals surface area contributed by atoms with Gasteiger partial charge in [-0.25, -0.2) is 4.79 Å². The van der Waals surface area contributed by atoms with Crippen LogP contribution in [0.15, 0.2) is 104 Å². The third-order valence-corrected chi connectivity index (χ3v) is 7.86. The van der Waals surface area contributed by atoms with E-state index in [9.17, 15) is 9.90 Å². The molecular weight excluding hydrogens is 494 g/mol. The molecule has 0 fully saturated rings. The Morgan fingerprint density at radius 3 is 2.00 bits per heavy atom. The summed E-state index contributed by atoms with van der Waals surface area (Å²) in [5.41, 5.74) is 11.0. The molecule has 0 unspecified atom stereocenters. The molecule has 0 spiro atoms. The SMILES string of the molecule is C=CC(=O)OCCCc1ccc(N(c2ccc(CCCO)cc2)c2ccc3c(c2)-c2ccccc2C3(C)C)cc1. The quantitative estimate of drug-likeness (QED) is 0.121. The molecule has 5 rings (SSSR count). The van der Waals surface area contributed by atoms with Crippen molar-refractivity contribution in [2.45, 2.75) is 44.9 Å². The van der Waals surface area contributed by atoms with E-state index in [4.69, 9.17) is 4.74 Å². The summed E-state index contributed by atoms with van der Waals surface area (Å²) in [6, 6.07) is 32.8. The third-order valence-electron chi connectivity index (χ3n) is 7.86. The van der Waals surface area contributed by atoms with Crippen molar-refractivity contribution < 1.29 is 14.6 Å². The average molecular weight is 532 g/mol. The van der Waals surface area contributed by atoms with E-state index in [0.29, 0.717) is 6.61 Å². The largest absolute Gasteiger partial charge is 0.463 e. The van der Waals surface area contributed by atoms with Crippen molar-refractivity contribution >= 4 is 23.0 Å². The monoisotopic (exact) mass is 531 g/mol. The van der Waals surface area contributed by atoms with Crippen molar-refractivity contribution in [3.8, 4) is 11.1 Å². The van der Waals surface area contributed by atoms with Crippen LogP contribution in [0, 0.1) is 0 Å². The summed E-state index contributed by atoms with van der Waals surface area (Å²) < 4.78 is 5.12. The maximum atomic E-state index is 11.3. The first kappa shape index (κ1) is 27.4. The number of benzene rings is 4. The van der Waals surface area contributed by atoms with Gasteiger partial charge in [0.2, 0.25) is 0 Å². The highest BCUT2D eigenvalue weighted by atomic mass is 16.5. The predicted octanol–water partition coefficient (Wildman–Crippen LogP) is 8.05. The van der Waals surface area contributed by atoms with E-state index >= 15 is 0 Å². The first-order valence-corrected chi connectivity index (χ1v) is 14.0. The van der Waals surface area contributed by atoms with Gasteiger partial charge in [-0.05, 0) is 95.5 Å². The molecule has 0 amide bonds. The van der Waals surface area contributed by atoms with Crippen LogP contribution in [-0.4, -0.2) is 24.3 Å². The molecule has 0 radical (unpaired) electrons. The molecular formula is C36H37NO3. The summed E-state index contributed by atoms with van der Waals surface area (Å²) in [4.78, 5) is 13.6. The van der Waals surface area contributed by atoms with Crippen LogP contribution in [-0.2, 0) is 27.8 Å². The molecule has 1 aliphatic carbocycles. The second-order valence-corrected chi connectivity index (χ2v) is 10.9. The maximum absolute atomic E-state index is 11.3. The van der Waals surface area contributed by atoms with Crippen molar-refractivity contribution in [3.63, 3.8) is 0 Å². The molecule has 204 valence electrons. The zero-order chi connectivity index (χ0) is 28.1. The molecule has 0 saturated carbocycles. The number of ether oxygens (including phenoxy) is 1. The van der Waals surface area contributed by atoms with Gasteiger partial charge in [0, 0.05) is 35.2 Å². The molecule has 0 aliphatic heterocycles. The molecule has 1 N–H and O–H groups in total. The molecule has 0 saturated heterocycles. The van der Waals surface area contributed by atoms with E-state index in [-0.39, 0.29) is 18.0 Å². The number of aliphatic hydroxyl groups excluding tert-OH is 1. The summed E-state index contributed by atoms with van der Waals surface area (Å²) in [6.45, 7) is 8.63. The Bertz CT molecular complexity index is 1490. The van der Waals surface area contributed by atoms with Crippen molar-refractivity contribution in [2.24, 2.45) is 0 Å². The average Bonchev–Trinajstić information content (AvgIpc) is 3.21. The lowest BCUT2D eigenvalue weighted by Gasteiger charge is -2.27. The van der Waals surface area contributed by atoms with Crippen LogP contribution in [0.25, 0.3) is 11.1 Å². The molecule has 0 atom stereocenters. The van der Waals surface area contributed by atoms with E-state index in [1.165, 1.54) is 39.5 Å². The molecule has 0 aromatic heterocycles. The van der Waals surface area contributed by atoms with Crippen molar-refractivity contribution in [3.05, 3.63) is 126 Å². The van der Waals surface area contributed by atoms with Gasteiger partial charge in [-0.3, -0.25) is 0 Å². The summed E-state index contributed by atoms with van der Waals surface area (Å²) in [5.74, 6) is -0.381. The number of esters is 1. The lowest BCUT2D eigenvalue weighted by Crippen LogP contribution is -2.15. The Labute approximate surface area is 237 Å². The van der Waals surface area contributed by atoms with Crippen molar-refractivity contribution in [1.29, 1.82) is 0 Å². The Hall–Kier alpha value is -4.15. The Morgan fingerprint density at radius 2 is 1.38 bits per heavy atom. The zero-order valence-electron chi connectivity index (χ0n) is 23.4. The Morgan fingerprint density at radius 1 is 0.800 bits per heavy atom. The third kappa shape index (κ3) is 5.59. The van der Waals surface area contributed by atoms with Crippen LogP contribution in [0.2, 0.25) is 0 Å². The minimum Gasteiger partial charge on any atom is -0.463 e. The van der Waals surface area contributed by atoms with Crippen molar-refractivity contribution in [1.82, 2.24) is 0 Å². The number of fused-ring (bicyclic) bond motifs is 3. The lowest BCUT2D eigenvalue weighted by molar-refractivity contribution is -0.137. The molecule has 4 aromatic carbocycles. The fourth-order valence-corrected chi connectivity index (χ4v) is 5.71. The summed E-state index contributed by atoms with van der Waals surface area (Å²) >= 11 is 0. The minimum absolute atomic E-state index is 0.0364. The van der Waals surface area contributed by atoms with Gasteiger partial charge < -0.3 is 14.7 Å². The van der Waals surface area contributed by atoms with Gasteiger partial charge in [0.25, 0.3) is 0 Å². The first-order chi connectivity index (χ1) is 19.4. The van der Waals surface area contributed by atoms with E-state index in [0.717, 1.165) is 42.7 Å². The first-order valence-electron chi connectivity index (χ1n) is 14.0. The van der Waals surface area contributed by atoms with E-state index < -0.39 is 0 Å². The summed E-state index contributed by atoms with van der Waals surface area (Å²) in [7, 11) is 0. The number of hydrogen-bond acceptors (Lipinski definition) is 4. The number of hydrogen-bond donors (Lipinski definition) is 1. The van der Waals surface area contributed by atoms with Crippen LogP contribution >= 0.6 is 0 Å². The maximum Gasteiger partial charge on any atom is 0.330 e. The zero-order valence-corrected chi connectivity index (χ0v) is 23.4. The molecule has 0 heterocycles. The second-order valence-electron chi connectivity index (χ2n) is 10.9. The predicted molar refractivity (Wildman–Crippen MR) is 164 cm³/mol. The lowest BCUT2D eigenvalue weighted by atomic mass is 9.82. The number of nitrogens with zero attached hydrogens (tertiary/aromatic N) is 1. The topological polar surface area (TPSA) is 49.8 Å². The fourth-order valence-electron chi connectivity index (χ4n) is 5.71. The molecule has 4 aromatic rings. The molecule has 40 heavy (non-hydrogen) atoms. The van der Waals surface area contributed by atoms with Gasteiger partial charge in [0.15, 0.2) is 0 Å².